The van der Waals surface area contributed by atoms with E-state index in [1.165, 1.54) is 5.56 Å². The summed E-state index contributed by atoms with van der Waals surface area (Å²) in [4.78, 5) is 15.9. The third kappa shape index (κ3) is 3.75. The maximum absolute atomic E-state index is 11.5. The summed E-state index contributed by atoms with van der Waals surface area (Å²) in [6.07, 6.45) is 8.37. The quantitative estimate of drug-likeness (QED) is 0.834. The zero-order valence-electron chi connectivity index (χ0n) is 13.1. The molecule has 0 saturated carbocycles. The number of Topliss-reactive ketones (excluding diaryl/α,β-unsaturated/α-hetero) is 1. The maximum Gasteiger partial charge on any atom is 0.134 e. The highest BCUT2D eigenvalue weighted by atomic mass is 16.5. The number of rotatable bonds is 5. The lowest BCUT2D eigenvalue weighted by Crippen LogP contribution is -2.20. The SMILES string of the molecule is CC(=O)CC1=CC=COC1Cc1ccccc1-c1ccccn1. The lowest BCUT2D eigenvalue weighted by atomic mass is 9.93. The van der Waals surface area contributed by atoms with Gasteiger partial charge in [0.1, 0.15) is 11.9 Å². The fourth-order valence-electron chi connectivity index (χ4n) is 2.81. The highest BCUT2D eigenvalue weighted by molar-refractivity contribution is 5.78. The van der Waals surface area contributed by atoms with E-state index in [-0.39, 0.29) is 11.9 Å². The van der Waals surface area contributed by atoms with Crippen LogP contribution in [0.3, 0.4) is 0 Å². The third-order valence-corrected chi connectivity index (χ3v) is 3.86. The lowest BCUT2D eigenvalue weighted by molar-refractivity contribution is -0.116. The van der Waals surface area contributed by atoms with Crippen molar-refractivity contribution in [3.8, 4) is 11.3 Å². The molecule has 0 radical (unpaired) electrons. The molecule has 1 aromatic carbocycles. The van der Waals surface area contributed by atoms with Crippen LogP contribution in [0.2, 0.25) is 0 Å². The third-order valence-electron chi connectivity index (χ3n) is 3.86. The van der Waals surface area contributed by atoms with Crippen LogP contribution in [-0.2, 0) is 16.0 Å². The van der Waals surface area contributed by atoms with Gasteiger partial charge in [-0.15, -0.1) is 0 Å². The van der Waals surface area contributed by atoms with Gasteiger partial charge in [0.05, 0.1) is 12.0 Å². The van der Waals surface area contributed by atoms with Gasteiger partial charge in [0.2, 0.25) is 0 Å². The smallest absolute Gasteiger partial charge is 0.134 e. The van der Waals surface area contributed by atoms with Crippen LogP contribution in [0.4, 0.5) is 0 Å². The molecule has 0 fully saturated rings. The summed E-state index contributed by atoms with van der Waals surface area (Å²) < 4.78 is 5.76. The molecule has 3 nitrogen and oxygen atoms in total. The Kier molecular flexibility index (Phi) is 4.67. The minimum absolute atomic E-state index is 0.103. The van der Waals surface area contributed by atoms with Gasteiger partial charge in [-0.2, -0.15) is 0 Å². The van der Waals surface area contributed by atoms with Crippen LogP contribution in [0.5, 0.6) is 0 Å². The number of hydrogen-bond acceptors (Lipinski definition) is 3. The first kappa shape index (κ1) is 15.2. The van der Waals surface area contributed by atoms with Crippen LogP contribution in [0.15, 0.2) is 72.6 Å². The van der Waals surface area contributed by atoms with E-state index in [9.17, 15) is 4.79 Å². The average molecular weight is 305 g/mol. The number of aromatic nitrogens is 1. The number of ether oxygens (including phenoxy) is 1. The van der Waals surface area contributed by atoms with Crippen LogP contribution in [0.25, 0.3) is 11.3 Å². The van der Waals surface area contributed by atoms with Gasteiger partial charge in [-0.05, 0) is 36.3 Å². The van der Waals surface area contributed by atoms with E-state index < -0.39 is 0 Å². The molecule has 1 atom stereocenters. The van der Waals surface area contributed by atoms with Crippen molar-refractivity contribution in [2.45, 2.75) is 25.9 Å². The molecule has 23 heavy (non-hydrogen) atoms. The Morgan fingerprint density at radius 3 is 2.78 bits per heavy atom. The van der Waals surface area contributed by atoms with Crippen molar-refractivity contribution >= 4 is 5.78 Å². The summed E-state index contributed by atoms with van der Waals surface area (Å²) in [6.45, 7) is 1.61. The number of hydrogen-bond donors (Lipinski definition) is 0. The molecule has 3 rings (SSSR count). The average Bonchev–Trinajstić information content (AvgIpc) is 2.57. The Labute approximate surface area is 136 Å². The van der Waals surface area contributed by atoms with Gasteiger partial charge in [0.25, 0.3) is 0 Å². The number of ketones is 1. The van der Waals surface area contributed by atoms with Crippen molar-refractivity contribution in [2.24, 2.45) is 0 Å². The van der Waals surface area contributed by atoms with Gasteiger partial charge in [-0.1, -0.05) is 36.4 Å². The van der Waals surface area contributed by atoms with Crippen molar-refractivity contribution in [3.63, 3.8) is 0 Å². The number of carbonyl (C=O) groups excluding carboxylic acids is 1. The molecule has 1 aliphatic rings. The molecule has 0 aliphatic carbocycles. The van der Waals surface area contributed by atoms with Gasteiger partial charge in [-0.3, -0.25) is 9.78 Å². The van der Waals surface area contributed by atoms with E-state index in [2.05, 4.69) is 17.1 Å². The molecule has 3 heteroatoms. The predicted molar refractivity (Wildman–Crippen MR) is 90.8 cm³/mol. The Hall–Kier alpha value is -2.68. The molecular formula is C20H19NO2. The first-order valence-corrected chi connectivity index (χ1v) is 7.74. The van der Waals surface area contributed by atoms with Crippen LogP contribution in [0.1, 0.15) is 18.9 Å². The minimum atomic E-state index is -0.103. The Morgan fingerprint density at radius 1 is 1.17 bits per heavy atom. The first-order valence-electron chi connectivity index (χ1n) is 7.74. The largest absolute Gasteiger partial charge is 0.493 e. The summed E-state index contributed by atoms with van der Waals surface area (Å²) in [5.41, 5.74) is 4.25. The van der Waals surface area contributed by atoms with Crippen LogP contribution in [-0.4, -0.2) is 16.9 Å². The fourth-order valence-corrected chi connectivity index (χ4v) is 2.81. The van der Waals surface area contributed by atoms with Crippen molar-refractivity contribution < 1.29 is 9.53 Å². The van der Waals surface area contributed by atoms with Crippen LogP contribution >= 0.6 is 0 Å². The van der Waals surface area contributed by atoms with Crippen molar-refractivity contribution in [2.75, 3.05) is 0 Å². The van der Waals surface area contributed by atoms with Crippen molar-refractivity contribution in [1.82, 2.24) is 4.98 Å². The van der Waals surface area contributed by atoms with Crippen molar-refractivity contribution in [1.29, 1.82) is 0 Å². The van der Waals surface area contributed by atoms with Gasteiger partial charge in [0, 0.05) is 24.6 Å². The standard InChI is InChI=1S/C20H19NO2/c1-15(22)13-17-8-6-12-23-20(17)14-16-7-2-3-9-18(16)19-10-4-5-11-21-19/h2-12,20H,13-14H2,1H3. The molecule has 1 aromatic heterocycles. The zero-order chi connectivity index (χ0) is 16.1. The molecule has 2 aromatic rings. The van der Waals surface area contributed by atoms with E-state index in [0.29, 0.717) is 6.42 Å². The maximum atomic E-state index is 11.5. The number of pyridine rings is 1. The lowest BCUT2D eigenvalue weighted by Gasteiger charge is -2.23. The zero-order valence-corrected chi connectivity index (χ0v) is 13.1. The van der Waals surface area contributed by atoms with E-state index >= 15 is 0 Å². The van der Waals surface area contributed by atoms with Crippen LogP contribution in [0, 0.1) is 0 Å². The monoisotopic (exact) mass is 305 g/mol. The summed E-state index contributed by atoms with van der Waals surface area (Å²) in [5, 5.41) is 0. The molecule has 1 unspecified atom stereocenters. The van der Waals surface area contributed by atoms with E-state index in [4.69, 9.17) is 4.74 Å². The van der Waals surface area contributed by atoms with E-state index in [1.54, 1.807) is 19.4 Å². The Morgan fingerprint density at radius 2 is 2.00 bits per heavy atom. The summed E-state index contributed by atoms with van der Waals surface area (Å²) in [6, 6.07) is 14.1. The van der Waals surface area contributed by atoms with Crippen molar-refractivity contribution in [3.05, 3.63) is 78.2 Å². The summed E-state index contributed by atoms with van der Waals surface area (Å²) in [5.74, 6) is 0.151. The predicted octanol–water partition coefficient (Wildman–Crippen LogP) is 4.11. The molecular weight excluding hydrogens is 286 g/mol. The molecule has 0 saturated heterocycles. The molecule has 0 N–H and O–H groups in total. The topological polar surface area (TPSA) is 39.2 Å². The number of carbonyl (C=O) groups is 1. The van der Waals surface area contributed by atoms with E-state index in [0.717, 1.165) is 23.3 Å². The van der Waals surface area contributed by atoms with Gasteiger partial charge in [-0.25, -0.2) is 0 Å². The van der Waals surface area contributed by atoms with Gasteiger partial charge in [0.15, 0.2) is 0 Å². The second-order valence-corrected chi connectivity index (χ2v) is 5.65. The first-order chi connectivity index (χ1) is 11.2. The highest BCUT2D eigenvalue weighted by Gasteiger charge is 2.20. The molecule has 0 spiro atoms. The molecule has 0 amide bonds. The van der Waals surface area contributed by atoms with Crippen LogP contribution < -0.4 is 0 Å². The Bertz CT molecular complexity index is 747. The summed E-state index contributed by atoms with van der Waals surface area (Å²) in [7, 11) is 0. The fraction of sp³-hybridized carbons (Fsp3) is 0.200. The summed E-state index contributed by atoms with van der Waals surface area (Å²) >= 11 is 0. The van der Waals surface area contributed by atoms with E-state index in [1.807, 2.05) is 42.5 Å². The molecule has 0 bridgehead atoms. The molecule has 116 valence electrons. The Balaban J connectivity index is 1.87. The van der Waals surface area contributed by atoms with Gasteiger partial charge >= 0.3 is 0 Å². The highest BCUT2D eigenvalue weighted by Crippen LogP contribution is 2.27. The second kappa shape index (κ2) is 7.05. The number of nitrogens with zero attached hydrogens (tertiary/aromatic N) is 1. The minimum Gasteiger partial charge on any atom is -0.493 e. The number of allylic oxidation sites excluding steroid dienone is 2. The molecule has 1 aliphatic heterocycles. The number of benzene rings is 1. The van der Waals surface area contributed by atoms with Gasteiger partial charge < -0.3 is 4.74 Å². The molecule has 2 heterocycles. The second-order valence-electron chi connectivity index (χ2n) is 5.65. The normalized spacial score (nSPS) is 16.6.